The molecule has 6 heteroatoms. The molecule has 0 aromatic heterocycles. The van der Waals surface area contributed by atoms with Gasteiger partial charge < -0.3 is 20.6 Å². The molecular formula is C14H12ClNO4. The Labute approximate surface area is 120 Å². The maximum Gasteiger partial charge on any atom is 0.259 e. The monoisotopic (exact) mass is 293 g/mol. The van der Waals surface area contributed by atoms with Crippen LogP contribution in [0.4, 0.5) is 0 Å². The van der Waals surface area contributed by atoms with Gasteiger partial charge in [0.1, 0.15) is 22.8 Å². The van der Waals surface area contributed by atoms with Crippen molar-refractivity contribution in [3.63, 3.8) is 0 Å². The average Bonchev–Trinajstić information content (AvgIpc) is 2.36. The highest BCUT2D eigenvalue weighted by Crippen LogP contribution is 2.31. The molecule has 0 aliphatic carbocycles. The van der Waals surface area contributed by atoms with E-state index in [0.717, 1.165) is 12.1 Å². The highest BCUT2D eigenvalue weighted by Gasteiger charge is 2.17. The van der Waals surface area contributed by atoms with Crippen LogP contribution in [0.25, 0.3) is 0 Å². The Morgan fingerprint density at radius 3 is 2.30 bits per heavy atom. The molecule has 4 N–H and O–H groups in total. The second-order valence-corrected chi connectivity index (χ2v) is 4.54. The summed E-state index contributed by atoms with van der Waals surface area (Å²) in [6, 6.07) is 8.94. The second kappa shape index (κ2) is 5.71. The van der Waals surface area contributed by atoms with Gasteiger partial charge in [-0.05, 0) is 11.6 Å². The first-order chi connectivity index (χ1) is 9.49. The summed E-state index contributed by atoms with van der Waals surface area (Å²) in [5.74, 6) is -2.00. The molecule has 0 saturated carbocycles. The summed E-state index contributed by atoms with van der Waals surface area (Å²) in [7, 11) is 0. The van der Waals surface area contributed by atoms with Crippen molar-refractivity contribution in [2.75, 3.05) is 0 Å². The van der Waals surface area contributed by atoms with E-state index in [9.17, 15) is 20.1 Å². The second-order valence-electron chi connectivity index (χ2n) is 4.13. The van der Waals surface area contributed by atoms with E-state index in [1.165, 1.54) is 0 Å². The summed E-state index contributed by atoms with van der Waals surface area (Å²) in [5.41, 5.74) is 0.412. The first-order valence-corrected chi connectivity index (χ1v) is 6.13. The van der Waals surface area contributed by atoms with Crippen LogP contribution < -0.4 is 5.32 Å². The van der Waals surface area contributed by atoms with Crippen LogP contribution in [0.5, 0.6) is 17.2 Å². The number of hydrogen-bond donors (Lipinski definition) is 4. The maximum atomic E-state index is 11.9. The van der Waals surface area contributed by atoms with Crippen molar-refractivity contribution in [1.82, 2.24) is 5.32 Å². The summed E-state index contributed by atoms with van der Waals surface area (Å²) in [6.07, 6.45) is 0. The summed E-state index contributed by atoms with van der Waals surface area (Å²) in [6.45, 7) is 0.151. The third kappa shape index (κ3) is 2.95. The first kappa shape index (κ1) is 14.0. The van der Waals surface area contributed by atoms with E-state index in [2.05, 4.69) is 5.32 Å². The lowest BCUT2D eigenvalue weighted by atomic mass is 10.1. The van der Waals surface area contributed by atoms with Gasteiger partial charge in [-0.15, -0.1) is 0 Å². The van der Waals surface area contributed by atoms with E-state index in [0.29, 0.717) is 10.6 Å². The number of halogens is 1. The molecule has 0 unspecified atom stereocenters. The molecule has 0 saturated heterocycles. The molecule has 0 heterocycles. The van der Waals surface area contributed by atoms with Crippen LogP contribution in [-0.4, -0.2) is 21.2 Å². The number of hydrogen-bond acceptors (Lipinski definition) is 4. The minimum atomic E-state index is -0.667. The number of phenolic OH excluding ortho intramolecular Hbond substituents is 3. The van der Waals surface area contributed by atoms with Crippen LogP contribution in [-0.2, 0) is 6.54 Å². The van der Waals surface area contributed by atoms with Crippen LogP contribution in [0.2, 0.25) is 5.02 Å². The van der Waals surface area contributed by atoms with Crippen LogP contribution in [0.15, 0.2) is 36.4 Å². The number of phenols is 3. The third-order valence-corrected chi connectivity index (χ3v) is 3.07. The molecular weight excluding hydrogens is 282 g/mol. The van der Waals surface area contributed by atoms with Gasteiger partial charge in [-0.25, -0.2) is 0 Å². The van der Waals surface area contributed by atoms with Crippen LogP contribution in [0.1, 0.15) is 15.9 Å². The van der Waals surface area contributed by atoms with Gasteiger partial charge in [-0.3, -0.25) is 4.79 Å². The Hall–Kier alpha value is -2.40. The fraction of sp³-hybridized carbons (Fsp3) is 0.0714. The highest BCUT2D eigenvalue weighted by atomic mass is 35.5. The Bertz CT molecular complexity index is 634. The predicted octanol–water partition coefficient (Wildman–Crippen LogP) is 2.39. The summed E-state index contributed by atoms with van der Waals surface area (Å²) in [4.78, 5) is 11.9. The highest BCUT2D eigenvalue weighted by molar-refractivity contribution is 6.31. The molecule has 0 spiro atoms. The van der Waals surface area contributed by atoms with Gasteiger partial charge in [0.05, 0.1) is 0 Å². The normalized spacial score (nSPS) is 10.2. The molecule has 0 fully saturated rings. The number of carbonyl (C=O) groups excluding carboxylic acids is 1. The van der Waals surface area contributed by atoms with Gasteiger partial charge in [0.2, 0.25) is 0 Å². The van der Waals surface area contributed by atoms with E-state index >= 15 is 0 Å². The molecule has 0 radical (unpaired) electrons. The summed E-state index contributed by atoms with van der Waals surface area (Å²) < 4.78 is 0. The molecule has 0 bridgehead atoms. The lowest BCUT2D eigenvalue weighted by molar-refractivity contribution is 0.0945. The Morgan fingerprint density at radius 1 is 1.10 bits per heavy atom. The van der Waals surface area contributed by atoms with Crippen molar-refractivity contribution in [2.24, 2.45) is 0 Å². The molecule has 0 aliphatic heterocycles. The largest absolute Gasteiger partial charge is 0.508 e. The van der Waals surface area contributed by atoms with Crippen LogP contribution in [0, 0.1) is 0 Å². The van der Waals surface area contributed by atoms with Crippen molar-refractivity contribution in [1.29, 1.82) is 0 Å². The molecule has 104 valence electrons. The Morgan fingerprint density at radius 2 is 1.70 bits per heavy atom. The lowest BCUT2D eigenvalue weighted by Gasteiger charge is -2.10. The van der Waals surface area contributed by atoms with Crippen molar-refractivity contribution < 1.29 is 20.1 Å². The molecule has 0 atom stereocenters. The number of rotatable bonds is 3. The van der Waals surface area contributed by atoms with Gasteiger partial charge in [0.15, 0.2) is 0 Å². The lowest BCUT2D eigenvalue weighted by Crippen LogP contribution is -2.23. The molecule has 2 aromatic rings. The standard InChI is InChI=1S/C14H12ClNO4/c15-10-4-2-1-3-8(10)7-16-14(20)13-11(18)5-9(17)6-12(13)19/h1-6,17-19H,7H2,(H,16,20). The minimum Gasteiger partial charge on any atom is -0.508 e. The van der Waals surface area contributed by atoms with Gasteiger partial charge in [0, 0.05) is 23.7 Å². The van der Waals surface area contributed by atoms with E-state index < -0.39 is 17.4 Å². The number of nitrogens with one attached hydrogen (secondary N) is 1. The molecule has 1 amide bonds. The van der Waals surface area contributed by atoms with Crippen molar-refractivity contribution in [3.8, 4) is 17.2 Å². The van der Waals surface area contributed by atoms with E-state index in [1.54, 1.807) is 24.3 Å². The summed E-state index contributed by atoms with van der Waals surface area (Å²) in [5, 5.41) is 31.4. The van der Waals surface area contributed by atoms with Gasteiger partial charge in [-0.1, -0.05) is 29.8 Å². The van der Waals surface area contributed by atoms with Gasteiger partial charge >= 0.3 is 0 Å². The fourth-order valence-electron chi connectivity index (χ4n) is 1.74. The summed E-state index contributed by atoms with van der Waals surface area (Å²) >= 11 is 5.95. The zero-order valence-corrected chi connectivity index (χ0v) is 11.1. The van der Waals surface area contributed by atoms with E-state index in [4.69, 9.17) is 11.6 Å². The van der Waals surface area contributed by atoms with Crippen LogP contribution >= 0.6 is 11.6 Å². The van der Waals surface area contributed by atoms with E-state index in [-0.39, 0.29) is 17.9 Å². The predicted molar refractivity (Wildman–Crippen MR) is 74.1 cm³/mol. The number of aromatic hydroxyl groups is 3. The zero-order chi connectivity index (χ0) is 14.7. The van der Waals surface area contributed by atoms with Gasteiger partial charge in [0.25, 0.3) is 5.91 Å². The maximum absolute atomic E-state index is 11.9. The zero-order valence-electron chi connectivity index (χ0n) is 10.3. The van der Waals surface area contributed by atoms with Crippen molar-refractivity contribution >= 4 is 17.5 Å². The fourth-order valence-corrected chi connectivity index (χ4v) is 1.94. The molecule has 5 nitrogen and oxygen atoms in total. The number of amides is 1. The number of carbonyl (C=O) groups is 1. The molecule has 0 aliphatic rings. The Balaban J connectivity index is 2.16. The molecule has 2 rings (SSSR count). The third-order valence-electron chi connectivity index (χ3n) is 2.71. The first-order valence-electron chi connectivity index (χ1n) is 5.75. The van der Waals surface area contributed by atoms with E-state index in [1.807, 2.05) is 0 Å². The average molecular weight is 294 g/mol. The SMILES string of the molecule is O=C(NCc1ccccc1Cl)c1c(O)cc(O)cc1O. The number of benzene rings is 2. The molecule has 2 aromatic carbocycles. The smallest absolute Gasteiger partial charge is 0.259 e. The van der Waals surface area contributed by atoms with Crippen molar-refractivity contribution in [3.05, 3.63) is 52.5 Å². The molecule has 20 heavy (non-hydrogen) atoms. The minimum absolute atomic E-state index is 0.151. The van der Waals surface area contributed by atoms with Gasteiger partial charge in [-0.2, -0.15) is 0 Å². The van der Waals surface area contributed by atoms with Crippen LogP contribution in [0.3, 0.4) is 0 Å². The Kier molecular flexibility index (Phi) is 4.00. The van der Waals surface area contributed by atoms with Crippen molar-refractivity contribution in [2.45, 2.75) is 6.54 Å². The quantitative estimate of drug-likeness (QED) is 0.699. The topological polar surface area (TPSA) is 89.8 Å².